The summed E-state index contributed by atoms with van der Waals surface area (Å²) in [7, 11) is 0. The standard InChI is InChI=1S/C8H2BrClF2N2O/c9-6-4(2-13)3(7(10)15)1-5(14-6)8(11)12/h1,8H. The van der Waals surface area contributed by atoms with Gasteiger partial charge in [0.1, 0.15) is 16.4 Å². The molecule has 0 aliphatic heterocycles. The summed E-state index contributed by atoms with van der Waals surface area (Å²) in [5.74, 6) is 0. The van der Waals surface area contributed by atoms with Crippen molar-refractivity contribution in [2.45, 2.75) is 6.43 Å². The third-order valence-corrected chi connectivity index (χ3v) is 2.32. The zero-order valence-electron chi connectivity index (χ0n) is 6.97. The Morgan fingerprint density at radius 1 is 1.67 bits per heavy atom. The minimum absolute atomic E-state index is 0.119. The topological polar surface area (TPSA) is 53.8 Å². The Morgan fingerprint density at radius 3 is 2.67 bits per heavy atom. The van der Waals surface area contributed by atoms with E-state index in [0.717, 1.165) is 6.07 Å². The first-order valence-electron chi connectivity index (χ1n) is 3.56. The van der Waals surface area contributed by atoms with Gasteiger partial charge in [-0.3, -0.25) is 4.79 Å². The SMILES string of the molecule is N#Cc1c(C(=O)Cl)cc(C(F)F)nc1Br. The average Bonchev–Trinajstić information content (AvgIpc) is 2.16. The first-order valence-corrected chi connectivity index (χ1v) is 4.73. The molecule has 0 aliphatic carbocycles. The van der Waals surface area contributed by atoms with Crippen LogP contribution < -0.4 is 0 Å². The molecule has 1 aromatic rings. The smallest absolute Gasteiger partial charge is 0.276 e. The summed E-state index contributed by atoms with van der Waals surface area (Å²) in [4.78, 5) is 14.3. The maximum absolute atomic E-state index is 12.3. The van der Waals surface area contributed by atoms with Crippen LogP contribution in [-0.4, -0.2) is 10.2 Å². The van der Waals surface area contributed by atoms with Crippen molar-refractivity contribution in [3.05, 3.63) is 27.5 Å². The summed E-state index contributed by atoms with van der Waals surface area (Å²) >= 11 is 7.97. The van der Waals surface area contributed by atoms with E-state index in [1.807, 2.05) is 0 Å². The quantitative estimate of drug-likeness (QED) is 0.622. The number of carbonyl (C=O) groups excluding carboxylic acids is 1. The molecule has 1 heterocycles. The number of alkyl halides is 2. The summed E-state index contributed by atoms with van der Waals surface area (Å²) in [6.45, 7) is 0. The first-order chi connectivity index (χ1) is 6.97. The minimum atomic E-state index is -2.83. The summed E-state index contributed by atoms with van der Waals surface area (Å²) in [6.07, 6.45) is -2.83. The Bertz CT molecular complexity index is 459. The van der Waals surface area contributed by atoms with Crippen molar-refractivity contribution in [3.63, 3.8) is 0 Å². The number of aromatic nitrogens is 1. The first kappa shape index (κ1) is 12.0. The van der Waals surface area contributed by atoms with E-state index < -0.39 is 17.4 Å². The molecule has 0 spiro atoms. The molecular weight excluding hydrogens is 293 g/mol. The van der Waals surface area contributed by atoms with E-state index in [1.54, 1.807) is 6.07 Å². The number of rotatable bonds is 2. The fraction of sp³-hybridized carbons (Fsp3) is 0.125. The van der Waals surface area contributed by atoms with Crippen LogP contribution in [-0.2, 0) is 0 Å². The van der Waals surface area contributed by atoms with Gasteiger partial charge in [-0.05, 0) is 33.6 Å². The zero-order chi connectivity index (χ0) is 11.6. The normalized spacial score (nSPS) is 10.1. The summed E-state index contributed by atoms with van der Waals surface area (Å²) in [5.41, 5.74) is -1.04. The second kappa shape index (κ2) is 4.64. The lowest BCUT2D eigenvalue weighted by Crippen LogP contribution is -2.02. The number of carbonyl (C=O) groups is 1. The van der Waals surface area contributed by atoms with Crippen LogP contribution in [0.1, 0.15) is 28.0 Å². The van der Waals surface area contributed by atoms with Crippen molar-refractivity contribution in [3.8, 4) is 6.07 Å². The molecule has 7 heteroatoms. The molecule has 0 N–H and O–H groups in total. The molecule has 0 radical (unpaired) electrons. The van der Waals surface area contributed by atoms with E-state index in [1.165, 1.54) is 0 Å². The van der Waals surface area contributed by atoms with Gasteiger partial charge in [0.25, 0.3) is 11.7 Å². The van der Waals surface area contributed by atoms with Crippen molar-refractivity contribution < 1.29 is 13.6 Å². The van der Waals surface area contributed by atoms with Crippen molar-refractivity contribution in [1.82, 2.24) is 4.98 Å². The fourth-order valence-corrected chi connectivity index (χ4v) is 1.56. The third kappa shape index (κ3) is 2.49. The lowest BCUT2D eigenvalue weighted by Gasteiger charge is -2.04. The number of hydrogen-bond acceptors (Lipinski definition) is 3. The maximum atomic E-state index is 12.3. The molecule has 1 rings (SSSR count). The van der Waals surface area contributed by atoms with Crippen molar-refractivity contribution in [2.75, 3.05) is 0 Å². The van der Waals surface area contributed by atoms with E-state index >= 15 is 0 Å². The molecule has 0 saturated heterocycles. The van der Waals surface area contributed by atoms with Gasteiger partial charge in [-0.25, -0.2) is 13.8 Å². The highest BCUT2D eigenvalue weighted by Gasteiger charge is 2.19. The molecule has 78 valence electrons. The summed E-state index contributed by atoms with van der Waals surface area (Å²) < 4.78 is 24.5. The van der Waals surface area contributed by atoms with Gasteiger partial charge in [0.2, 0.25) is 0 Å². The van der Waals surface area contributed by atoms with Crippen LogP contribution in [0.4, 0.5) is 8.78 Å². The van der Waals surface area contributed by atoms with Crippen molar-refractivity contribution in [1.29, 1.82) is 5.26 Å². The van der Waals surface area contributed by atoms with E-state index in [-0.39, 0.29) is 15.7 Å². The molecule has 0 atom stereocenters. The van der Waals surface area contributed by atoms with Gasteiger partial charge < -0.3 is 0 Å². The van der Waals surface area contributed by atoms with Gasteiger partial charge in [-0.2, -0.15) is 5.26 Å². The van der Waals surface area contributed by atoms with Crippen LogP contribution in [0.5, 0.6) is 0 Å². The fourth-order valence-electron chi connectivity index (χ4n) is 0.906. The molecule has 0 unspecified atom stereocenters. The second-order valence-electron chi connectivity index (χ2n) is 2.45. The van der Waals surface area contributed by atoms with Crippen LogP contribution in [0.2, 0.25) is 0 Å². The van der Waals surface area contributed by atoms with Crippen molar-refractivity contribution in [2.24, 2.45) is 0 Å². The number of hydrogen-bond donors (Lipinski definition) is 0. The number of nitriles is 1. The number of nitrogens with zero attached hydrogens (tertiary/aromatic N) is 2. The van der Waals surface area contributed by atoms with E-state index in [2.05, 4.69) is 20.9 Å². The van der Waals surface area contributed by atoms with Crippen LogP contribution in [0, 0.1) is 11.3 Å². The van der Waals surface area contributed by atoms with Crippen molar-refractivity contribution >= 4 is 32.8 Å². The molecule has 0 bridgehead atoms. The monoisotopic (exact) mass is 294 g/mol. The molecule has 0 fully saturated rings. The largest absolute Gasteiger partial charge is 0.280 e. The van der Waals surface area contributed by atoms with Crippen LogP contribution in [0.25, 0.3) is 0 Å². The third-order valence-electron chi connectivity index (χ3n) is 1.54. The Kier molecular flexibility index (Phi) is 3.72. The molecule has 15 heavy (non-hydrogen) atoms. The van der Waals surface area contributed by atoms with E-state index in [9.17, 15) is 13.6 Å². The van der Waals surface area contributed by atoms with Crippen LogP contribution in [0.15, 0.2) is 10.7 Å². The predicted octanol–water partition coefficient (Wildman–Crippen LogP) is 3.03. The van der Waals surface area contributed by atoms with Crippen LogP contribution in [0.3, 0.4) is 0 Å². The molecular formula is C8H2BrClF2N2O. The Balaban J connectivity index is 3.47. The Hall–Kier alpha value is -1.06. The van der Waals surface area contributed by atoms with Gasteiger partial charge in [-0.15, -0.1) is 0 Å². The van der Waals surface area contributed by atoms with E-state index in [0.29, 0.717) is 0 Å². The zero-order valence-corrected chi connectivity index (χ0v) is 9.31. The van der Waals surface area contributed by atoms with Gasteiger partial charge in [-0.1, -0.05) is 0 Å². The highest BCUT2D eigenvalue weighted by Crippen LogP contribution is 2.25. The van der Waals surface area contributed by atoms with Gasteiger partial charge >= 0.3 is 0 Å². The molecule has 0 aromatic carbocycles. The maximum Gasteiger partial charge on any atom is 0.280 e. The molecule has 0 aliphatic rings. The second-order valence-corrected chi connectivity index (χ2v) is 3.54. The lowest BCUT2D eigenvalue weighted by atomic mass is 10.1. The van der Waals surface area contributed by atoms with Gasteiger partial charge in [0.15, 0.2) is 0 Å². The highest BCUT2D eigenvalue weighted by molar-refractivity contribution is 9.10. The molecule has 0 saturated carbocycles. The lowest BCUT2D eigenvalue weighted by molar-refractivity contribution is 0.108. The Labute approximate surface area is 96.8 Å². The summed E-state index contributed by atoms with van der Waals surface area (Å²) in [5, 5.41) is 7.68. The highest BCUT2D eigenvalue weighted by atomic mass is 79.9. The van der Waals surface area contributed by atoms with Gasteiger partial charge in [0, 0.05) is 0 Å². The van der Waals surface area contributed by atoms with Gasteiger partial charge in [0.05, 0.1) is 11.1 Å². The molecule has 0 amide bonds. The predicted molar refractivity (Wildman–Crippen MR) is 51.8 cm³/mol. The Morgan fingerprint density at radius 2 is 2.27 bits per heavy atom. The van der Waals surface area contributed by atoms with E-state index in [4.69, 9.17) is 16.9 Å². The number of pyridine rings is 1. The molecule has 3 nitrogen and oxygen atoms in total. The average molecular weight is 295 g/mol. The minimum Gasteiger partial charge on any atom is -0.276 e. The summed E-state index contributed by atoms with van der Waals surface area (Å²) in [6, 6.07) is 2.46. The molecule has 1 aromatic heterocycles. The van der Waals surface area contributed by atoms with Crippen LogP contribution >= 0.6 is 27.5 Å². The number of halogens is 4.